The lowest BCUT2D eigenvalue weighted by atomic mass is 10.0. The Morgan fingerprint density at radius 2 is 2.14 bits per heavy atom. The van der Waals surface area contributed by atoms with Gasteiger partial charge in [0.25, 0.3) is 0 Å². The highest BCUT2D eigenvalue weighted by atomic mass is 16.3. The summed E-state index contributed by atoms with van der Waals surface area (Å²) in [6.45, 7) is 2.84. The SMILES string of the molecule is C[C@@H]1Cc2ccccc2[C@@H]1NC(=O)NC[C@@H]1CC[C@@H](O)C1. The number of carbonyl (C=O) groups excluding carboxylic acids is 1. The van der Waals surface area contributed by atoms with E-state index in [4.69, 9.17) is 0 Å². The van der Waals surface area contributed by atoms with E-state index in [-0.39, 0.29) is 18.2 Å². The number of fused-ring (bicyclic) bond motifs is 1. The average Bonchev–Trinajstić information content (AvgIpc) is 3.01. The number of rotatable bonds is 3. The van der Waals surface area contributed by atoms with Crippen LogP contribution in [-0.2, 0) is 6.42 Å². The van der Waals surface area contributed by atoms with Gasteiger partial charge in [0, 0.05) is 6.54 Å². The first-order chi connectivity index (χ1) is 10.1. The Bertz CT molecular complexity index is 517. The van der Waals surface area contributed by atoms with Crippen LogP contribution in [0.25, 0.3) is 0 Å². The molecule has 4 atom stereocenters. The Kier molecular flexibility index (Phi) is 4.15. The predicted octanol–water partition coefficient (Wildman–Crippen LogP) is 2.38. The molecule has 0 aliphatic heterocycles. The minimum Gasteiger partial charge on any atom is -0.393 e. The van der Waals surface area contributed by atoms with Crippen molar-refractivity contribution < 1.29 is 9.90 Å². The highest BCUT2D eigenvalue weighted by Gasteiger charge is 2.30. The van der Waals surface area contributed by atoms with Gasteiger partial charge in [-0.25, -0.2) is 4.79 Å². The van der Waals surface area contributed by atoms with Gasteiger partial charge in [-0.15, -0.1) is 0 Å². The third-order valence-electron chi connectivity index (χ3n) is 4.85. The molecule has 1 fully saturated rings. The molecule has 4 heteroatoms. The van der Waals surface area contributed by atoms with E-state index in [2.05, 4.69) is 35.8 Å². The zero-order chi connectivity index (χ0) is 14.8. The number of amides is 2. The summed E-state index contributed by atoms with van der Waals surface area (Å²) >= 11 is 0. The maximum atomic E-state index is 12.1. The molecular formula is C17H24N2O2. The van der Waals surface area contributed by atoms with Crippen molar-refractivity contribution >= 4 is 6.03 Å². The molecule has 21 heavy (non-hydrogen) atoms. The van der Waals surface area contributed by atoms with Gasteiger partial charge in [-0.1, -0.05) is 31.2 Å². The smallest absolute Gasteiger partial charge is 0.315 e. The Balaban J connectivity index is 1.53. The van der Waals surface area contributed by atoms with Gasteiger partial charge in [0.1, 0.15) is 0 Å². The van der Waals surface area contributed by atoms with Gasteiger partial charge in [-0.05, 0) is 48.6 Å². The van der Waals surface area contributed by atoms with Crippen molar-refractivity contribution in [2.75, 3.05) is 6.54 Å². The second-order valence-electron chi connectivity index (χ2n) is 6.55. The van der Waals surface area contributed by atoms with E-state index in [1.165, 1.54) is 11.1 Å². The van der Waals surface area contributed by atoms with Crippen LogP contribution >= 0.6 is 0 Å². The van der Waals surface area contributed by atoms with Gasteiger partial charge >= 0.3 is 6.03 Å². The highest BCUT2D eigenvalue weighted by Crippen LogP contribution is 2.35. The largest absolute Gasteiger partial charge is 0.393 e. The van der Waals surface area contributed by atoms with E-state index in [0.29, 0.717) is 18.4 Å². The predicted molar refractivity (Wildman–Crippen MR) is 81.9 cm³/mol. The summed E-state index contributed by atoms with van der Waals surface area (Å²) < 4.78 is 0. The summed E-state index contributed by atoms with van der Waals surface area (Å²) in [6.07, 6.45) is 3.52. The van der Waals surface area contributed by atoms with E-state index in [9.17, 15) is 9.90 Å². The molecule has 2 aliphatic carbocycles. The van der Waals surface area contributed by atoms with Crippen LogP contribution in [0.3, 0.4) is 0 Å². The molecule has 114 valence electrons. The zero-order valence-electron chi connectivity index (χ0n) is 12.5. The van der Waals surface area contributed by atoms with Gasteiger partial charge in [0.05, 0.1) is 12.1 Å². The lowest BCUT2D eigenvalue weighted by Gasteiger charge is -2.20. The summed E-state index contributed by atoms with van der Waals surface area (Å²) in [5.74, 6) is 0.848. The molecular weight excluding hydrogens is 264 g/mol. The summed E-state index contributed by atoms with van der Waals surface area (Å²) in [6, 6.07) is 8.35. The van der Waals surface area contributed by atoms with Crippen molar-refractivity contribution in [3.05, 3.63) is 35.4 Å². The first-order valence-electron chi connectivity index (χ1n) is 7.93. The van der Waals surface area contributed by atoms with Crippen molar-refractivity contribution in [1.29, 1.82) is 0 Å². The second kappa shape index (κ2) is 6.06. The number of hydrogen-bond donors (Lipinski definition) is 3. The maximum Gasteiger partial charge on any atom is 0.315 e. The minimum absolute atomic E-state index is 0.0926. The topological polar surface area (TPSA) is 61.4 Å². The zero-order valence-corrected chi connectivity index (χ0v) is 12.5. The van der Waals surface area contributed by atoms with Gasteiger partial charge in [0.2, 0.25) is 0 Å². The van der Waals surface area contributed by atoms with Crippen LogP contribution in [0, 0.1) is 11.8 Å². The van der Waals surface area contributed by atoms with Crippen LogP contribution in [0.15, 0.2) is 24.3 Å². The summed E-state index contributed by atoms with van der Waals surface area (Å²) in [7, 11) is 0. The van der Waals surface area contributed by atoms with E-state index in [1.807, 2.05) is 6.07 Å². The van der Waals surface area contributed by atoms with Gasteiger partial charge in [0.15, 0.2) is 0 Å². The summed E-state index contributed by atoms with van der Waals surface area (Å²) in [5.41, 5.74) is 2.59. The van der Waals surface area contributed by atoms with E-state index in [1.54, 1.807) is 0 Å². The fraction of sp³-hybridized carbons (Fsp3) is 0.588. The molecule has 1 saturated carbocycles. The average molecular weight is 288 g/mol. The molecule has 0 heterocycles. The molecule has 3 N–H and O–H groups in total. The minimum atomic E-state index is -0.179. The number of aliphatic hydroxyl groups excluding tert-OH is 1. The molecule has 1 aromatic carbocycles. The Hall–Kier alpha value is -1.55. The van der Waals surface area contributed by atoms with Crippen molar-refractivity contribution in [3.8, 4) is 0 Å². The van der Waals surface area contributed by atoms with Crippen molar-refractivity contribution in [1.82, 2.24) is 10.6 Å². The van der Waals surface area contributed by atoms with Crippen LogP contribution < -0.4 is 10.6 Å². The number of carbonyl (C=O) groups is 1. The number of benzene rings is 1. The normalized spacial score (nSPS) is 31.0. The third-order valence-corrected chi connectivity index (χ3v) is 4.85. The third kappa shape index (κ3) is 3.21. The Morgan fingerprint density at radius 3 is 2.90 bits per heavy atom. The Labute approximate surface area is 125 Å². The fourth-order valence-corrected chi connectivity index (χ4v) is 3.68. The molecule has 0 unspecified atom stereocenters. The maximum absolute atomic E-state index is 12.1. The molecule has 4 nitrogen and oxygen atoms in total. The quantitative estimate of drug-likeness (QED) is 0.799. The standard InChI is InChI=1S/C17H24N2O2/c1-11-8-13-4-2-3-5-15(13)16(11)19-17(21)18-10-12-6-7-14(20)9-12/h2-5,11-12,14,16,20H,6-10H2,1H3,(H2,18,19,21)/t11-,12-,14-,16-/m1/s1. The number of aliphatic hydroxyl groups is 1. The summed E-state index contributed by atoms with van der Waals surface area (Å²) in [4.78, 5) is 12.1. The van der Waals surface area contributed by atoms with Crippen LogP contribution in [0.4, 0.5) is 4.79 Å². The van der Waals surface area contributed by atoms with Crippen molar-refractivity contribution in [2.45, 2.75) is 44.8 Å². The van der Waals surface area contributed by atoms with Crippen molar-refractivity contribution in [3.63, 3.8) is 0 Å². The number of urea groups is 1. The molecule has 2 aliphatic rings. The highest BCUT2D eigenvalue weighted by molar-refractivity contribution is 5.74. The monoisotopic (exact) mass is 288 g/mol. The molecule has 3 rings (SSSR count). The van der Waals surface area contributed by atoms with Crippen LogP contribution in [0.5, 0.6) is 0 Å². The number of nitrogens with one attached hydrogen (secondary N) is 2. The fourth-order valence-electron chi connectivity index (χ4n) is 3.68. The molecule has 0 aromatic heterocycles. The molecule has 0 spiro atoms. The van der Waals surface area contributed by atoms with E-state index < -0.39 is 0 Å². The first kappa shape index (κ1) is 14.4. The van der Waals surface area contributed by atoms with E-state index in [0.717, 1.165) is 25.7 Å². The van der Waals surface area contributed by atoms with Crippen molar-refractivity contribution in [2.24, 2.45) is 11.8 Å². The lowest BCUT2D eigenvalue weighted by molar-refractivity contribution is 0.177. The first-order valence-corrected chi connectivity index (χ1v) is 7.93. The van der Waals surface area contributed by atoms with Crippen LogP contribution in [-0.4, -0.2) is 23.8 Å². The van der Waals surface area contributed by atoms with Gasteiger partial charge in [-0.3, -0.25) is 0 Å². The molecule has 0 radical (unpaired) electrons. The Morgan fingerprint density at radius 1 is 1.33 bits per heavy atom. The molecule has 0 bridgehead atoms. The van der Waals surface area contributed by atoms with Crippen LogP contribution in [0.1, 0.15) is 43.4 Å². The van der Waals surface area contributed by atoms with E-state index >= 15 is 0 Å². The lowest BCUT2D eigenvalue weighted by Crippen LogP contribution is -2.40. The van der Waals surface area contributed by atoms with Gasteiger partial charge < -0.3 is 15.7 Å². The molecule has 2 amide bonds. The molecule has 0 saturated heterocycles. The number of hydrogen-bond acceptors (Lipinski definition) is 2. The second-order valence-corrected chi connectivity index (χ2v) is 6.55. The van der Waals surface area contributed by atoms with Gasteiger partial charge in [-0.2, -0.15) is 0 Å². The molecule has 1 aromatic rings. The summed E-state index contributed by atoms with van der Waals surface area (Å²) in [5, 5.41) is 15.6. The van der Waals surface area contributed by atoms with Crippen LogP contribution in [0.2, 0.25) is 0 Å².